The van der Waals surface area contributed by atoms with Gasteiger partial charge in [0.15, 0.2) is 11.5 Å². The molecule has 0 bridgehead atoms. The van der Waals surface area contributed by atoms with Crippen molar-refractivity contribution in [3.05, 3.63) is 58.8 Å². The third kappa shape index (κ3) is 3.54. The molecule has 142 valence electrons. The van der Waals surface area contributed by atoms with Crippen LogP contribution in [0.3, 0.4) is 0 Å². The Balaban J connectivity index is 1.47. The second-order valence-electron chi connectivity index (χ2n) is 7.40. The monoisotopic (exact) mass is 364 g/mol. The summed E-state index contributed by atoms with van der Waals surface area (Å²) in [5.41, 5.74) is 6.76. The molecule has 0 saturated heterocycles. The Kier molecular flexibility index (Phi) is 5.08. The van der Waals surface area contributed by atoms with Crippen LogP contribution in [0.1, 0.15) is 41.3 Å². The third-order valence-corrected chi connectivity index (χ3v) is 5.62. The molecule has 1 aromatic heterocycles. The van der Waals surface area contributed by atoms with Crippen LogP contribution < -0.4 is 14.8 Å². The van der Waals surface area contributed by atoms with Crippen molar-refractivity contribution in [3.63, 3.8) is 0 Å². The SMILES string of the molecule is COc1ccc(CCCC2NCCc3c2[nH]c2ccc(C)cc32)cc1OC. The zero-order chi connectivity index (χ0) is 18.8. The Morgan fingerprint density at radius 3 is 2.70 bits per heavy atom. The Morgan fingerprint density at radius 2 is 1.89 bits per heavy atom. The van der Waals surface area contributed by atoms with Gasteiger partial charge in [-0.15, -0.1) is 0 Å². The molecule has 0 amide bonds. The molecule has 1 unspecified atom stereocenters. The summed E-state index contributed by atoms with van der Waals surface area (Å²) in [5, 5.41) is 5.10. The van der Waals surface area contributed by atoms with Gasteiger partial charge in [0.05, 0.1) is 14.2 Å². The summed E-state index contributed by atoms with van der Waals surface area (Å²) in [6, 6.07) is 13.3. The molecule has 0 aliphatic carbocycles. The molecule has 1 atom stereocenters. The highest BCUT2D eigenvalue weighted by atomic mass is 16.5. The molecule has 2 N–H and O–H groups in total. The molecule has 1 aliphatic rings. The number of benzene rings is 2. The lowest BCUT2D eigenvalue weighted by molar-refractivity contribution is 0.354. The molecule has 2 aromatic carbocycles. The number of aryl methyl sites for hydroxylation is 2. The molecular weight excluding hydrogens is 336 g/mol. The highest BCUT2D eigenvalue weighted by molar-refractivity contribution is 5.85. The predicted octanol–water partition coefficient (Wildman–Crippen LogP) is 4.70. The number of aromatic nitrogens is 1. The van der Waals surface area contributed by atoms with Gasteiger partial charge in [-0.3, -0.25) is 0 Å². The Hall–Kier alpha value is -2.46. The normalized spacial score (nSPS) is 16.3. The van der Waals surface area contributed by atoms with Crippen LogP contribution in [0.4, 0.5) is 0 Å². The van der Waals surface area contributed by atoms with Crippen molar-refractivity contribution >= 4 is 10.9 Å². The molecule has 4 rings (SSSR count). The van der Waals surface area contributed by atoms with Crippen LogP contribution in [0.25, 0.3) is 10.9 Å². The average Bonchev–Trinajstić information content (AvgIpc) is 3.06. The van der Waals surface area contributed by atoms with Gasteiger partial charge in [0.2, 0.25) is 0 Å². The van der Waals surface area contributed by atoms with Crippen molar-refractivity contribution in [3.8, 4) is 11.5 Å². The van der Waals surface area contributed by atoms with Crippen molar-refractivity contribution in [2.75, 3.05) is 20.8 Å². The minimum Gasteiger partial charge on any atom is -0.493 e. The third-order valence-electron chi connectivity index (χ3n) is 5.62. The lowest BCUT2D eigenvalue weighted by Crippen LogP contribution is -2.29. The first kappa shape index (κ1) is 17.9. The van der Waals surface area contributed by atoms with Gasteiger partial charge in [-0.1, -0.05) is 17.7 Å². The molecule has 2 heterocycles. The fourth-order valence-corrected chi connectivity index (χ4v) is 4.22. The first-order valence-electron chi connectivity index (χ1n) is 9.75. The van der Waals surface area contributed by atoms with Crippen molar-refractivity contribution < 1.29 is 9.47 Å². The van der Waals surface area contributed by atoms with Gasteiger partial charge in [-0.05, 0) is 74.5 Å². The molecule has 3 aromatic rings. The van der Waals surface area contributed by atoms with Crippen molar-refractivity contribution in [1.82, 2.24) is 10.3 Å². The molecule has 0 spiro atoms. The smallest absolute Gasteiger partial charge is 0.160 e. The molecule has 0 fully saturated rings. The van der Waals surface area contributed by atoms with E-state index in [2.05, 4.69) is 47.6 Å². The van der Waals surface area contributed by atoms with E-state index in [1.54, 1.807) is 14.2 Å². The summed E-state index contributed by atoms with van der Waals surface area (Å²) in [6.07, 6.45) is 4.38. The van der Waals surface area contributed by atoms with E-state index in [-0.39, 0.29) is 0 Å². The van der Waals surface area contributed by atoms with E-state index in [0.717, 1.165) is 43.7 Å². The Morgan fingerprint density at radius 1 is 1.04 bits per heavy atom. The number of ether oxygens (including phenoxy) is 2. The van der Waals surface area contributed by atoms with E-state index >= 15 is 0 Å². The molecule has 4 nitrogen and oxygen atoms in total. The van der Waals surface area contributed by atoms with E-state index in [4.69, 9.17) is 9.47 Å². The van der Waals surface area contributed by atoms with Gasteiger partial charge < -0.3 is 19.8 Å². The molecule has 0 saturated carbocycles. The Bertz CT molecular complexity index is 945. The quantitative estimate of drug-likeness (QED) is 0.666. The van der Waals surface area contributed by atoms with Crippen molar-refractivity contribution in [1.29, 1.82) is 0 Å². The Labute approximate surface area is 160 Å². The molecule has 1 aliphatic heterocycles. The number of rotatable bonds is 6. The van der Waals surface area contributed by atoms with Gasteiger partial charge in [-0.2, -0.15) is 0 Å². The first-order chi connectivity index (χ1) is 13.2. The van der Waals surface area contributed by atoms with Crippen LogP contribution >= 0.6 is 0 Å². The number of H-pyrrole nitrogens is 1. The predicted molar refractivity (Wildman–Crippen MR) is 110 cm³/mol. The lowest BCUT2D eigenvalue weighted by Gasteiger charge is -2.24. The first-order valence-corrected chi connectivity index (χ1v) is 9.75. The van der Waals surface area contributed by atoms with Crippen LogP contribution in [-0.2, 0) is 12.8 Å². The van der Waals surface area contributed by atoms with Crippen LogP contribution in [-0.4, -0.2) is 25.7 Å². The minimum absolute atomic E-state index is 0.404. The molecular formula is C23H28N2O2. The fraction of sp³-hybridized carbons (Fsp3) is 0.391. The van der Waals surface area contributed by atoms with E-state index < -0.39 is 0 Å². The van der Waals surface area contributed by atoms with Crippen LogP contribution in [0.15, 0.2) is 36.4 Å². The maximum Gasteiger partial charge on any atom is 0.160 e. The topological polar surface area (TPSA) is 46.3 Å². The number of nitrogens with one attached hydrogen (secondary N) is 2. The summed E-state index contributed by atoms with van der Waals surface area (Å²) >= 11 is 0. The van der Waals surface area contributed by atoms with Gasteiger partial charge in [0.25, 0.3) is 0 Å². The van der Waals surface area contributed by atoms with E-state index in [0.29, 0.717) is 6.04 Å². The van der Waals surface area contributed by atoms with Crippen LogP contribution in [0.5, 0.6) is 11.5 Å². The average molecular weight is 364 g/mol. The standard InChI is InChI=1S/C23H28N2O2/c1-15-7-9-19-18(13-15)17-11-12-24-20(23(17)25-19)6-4-5-16-8-10-21(26-2)22(14-16)27-3/h7-10,13-14,20,24-25H,4-6,11-12H2,1-3H3. The number of fused-ring (bicyclic) bond motifs is 3. The summed E-state index contributed by atoms with van der Waals surface area (Å²) in [7, 11) is 3.36. The molecule has 0 radical (unpaired) electrons. The van der Waals surface area contributed by atoms with Gasteiger partial charge >= 0.3 is 0 Å². The van der Waals surface area contributed by atoms with Gasteiger partial charge in [-0.25, -0.2) is 0 Å². The molecule has 27 heavy (non-hydrogen) atoms. The van der Waals surface area contributed by atoms with Crippen LogP contribution in [0, 0.1) is 6.92 Å². The van der Waals surface area contributed by atoms with E-state index in [9.17, 15) is 0 Å². The second kappa shape index (κ2) is 7.65. The van der Waals surface area contributed by atoms with Crippen molar-refractivity contribution in [2.45, 2.75) is 38.6 Å². The van der Waals surface area contributed by atoms with Crippen LogP contribution in [0.2, 0.25) is 0 Å². The zero-order valence-electron chi connectivity index (χ0n) is 16.4. The molecule has 4 heteroatoms. The highest BCUT2D eigenvalue weighted by Crippen LogP contribution is 2.33. The summed E-state index contributed by atoms with van der Waals surface area (Å²) in [4.78, 5) is 3.68. The lowest BCUT2D eigenvalue weighted by atomic mass is 9.94. The largest absolute Gasteiger partial charge is 0.493 e. The highest BCUT2D eigenvalue weighted by Gasteiger charge is 2.23. The number of hydrogen-bond acceptors (Lipinski definition) is 3. The maximum atomic E-state index is 5.42. The zero-order valence-corrected chi connectivity index (χ0v) is 16.4. The minimum atomic E-state index is 0.404. The summed E-state index contributed by atoms with van der Waals surface area (Å²) in [5.74, 6) is 1.59. The maximum absolute atomic E-state index is 5.42. The number of hydrogen-bond donors (Lipinski definition) is 2. The summed E-state index contributed by atoms with van der Waals surface area (Å²) in [6.45, 7) is 3.22. The van der Waals surface area contributed by atoms with Crippen molar-refractivity contribution in [2.24, 2.45) is 0 Å². The number of aromatic amines is 1. The van der Waals surface area contributed by atoms with Gasteiger partial charge in [0, 0.05) is 22.6 Å². The fourth-order valence-electron chi connectivity index (χ4n) is 4.22. The van der Waals surface area contributed by atoms with E-state index in [1.807, 2.05) is 6.07 Å². The van der Waals surface area contributed by atoms with Gasteiger partial charge in [0.1, 0.15) is 0 Å². The van der Waals surface area contributed by atoms with E-state index in [1.165, 1.54) is 33.3 Å². The number of methoxy groups -OCH3 is 2. The summed E-state index contributed by atoms with van der Waals surface area (Å²) < 4.78 is 10.7. The second-order valence-corrected chi connectivity index (χ2v) is 7.40.